The number of rotatable bonds is 0. The van der Waals surface area contributed by atoms with Gasteiger partial charge in [-0.05, 0) is 39.2 Å². The second-order valence-electron chi connectivity index (χ2n) is 4.20. The van der Waals surface area contributed by atoms with Crippen molar-refractivity contribution < 1.29 is 4.39 Å². The van der Waals surface area contributed by atoms with Gasteiger partial charge in [0.1, 0.15) is 5.67 Å². The molecule has 0 radical (unpaired) electrons. The topological polar surface area (TPSA) is 24.4 Å². The van der Waals surface area contributed by atoms with Gasteiger partial charge in [0.05, 0.1) is 6.67 Å². The zero-order chi connectivity index (χ0) is 9.90. The molecule has 3 heteroatoms. The highest BCUT2D eigenvalue weighted by Gasteiger charge is 2.27. The first-order valence-electron chi connectivity index (χ1n) is 4.93. The lowest BCUT2D eigenvalue weighted by atomic mass is 9.93. The normalized spacial score (nSPS) is 37.2. The molecule has 0 aliphatic carbocycles. The maximum absolute atomic E-state index is 13.9. The van der Waals surface area contributed by atoms with E-state index in [1.54, 1.807) is 13.8 Å². The molecule has 2 unspecified atom stereocenters. The quantitative estimate of drug-likeness (QED) is 0.616. The van der Waals surface area contributed by atoms with Crippen molar-refractivity contribution in [1.29, 1.82) is 0 Å². The van der Waals surface area contributed by atoms with Crippen LogP contribution in [-0.2, 0) is 0 Å². The Balaban J connectivity index is 2.67. The van der Waals surface area contributed by atoms with Crippen LogP contribution in [-0.4, -0.2) is 24.6 Å². The lowest BCUT2D eigenvalue weighted by Crippen LogP contribution is -2.28. The fraction of sp³-hybridized carbons (Fsp3) is 0.900. The molecule has 2 nitrogen and oxygen atoms in total. The molecule has 1 N–H and O–H groups in total. The minimum absolute atomic E-state index is 0.538. The number of alkyl halides is 1. The summed E-state index contributed by atoms with van der Waals surface area (Å²) >= 11 is 0. The van der Waals surface area contributed by atoms with E-state index in [1.165, 1.54) is 0 Å². The molecular weight excluding hydrogens is 167 g/mol. The number of hydrogen-bond acceptors (Lipinski definition) is 2. The fourth-order valence-corrected chi connectivity index (χ4v) is 1.45. The van der Waals surface area contributed by atoms with Crippen molar-refractivity contribution in [1.82, 2.24) is 5.32 Å². The molecule has 0 amide bonds. The molecule has 0 saturated carbocycles. The van der Waals surface area contributed by atoms with Crippen LogP contribution in [0.15, 0.2) is 4.99 Å². The molecule has 0 fully saturated rings. The number of halogens is 1. The van der Waals surface area contributed by atoms with Crippen LogP contribution >= 0.6 is 0 Å². The Morgan fingerprint density at radius 2 is 2.31 bits per heavy atom. The van der Waals surface area contributed by atoms with Gasteiger partial charge in [-0.15, -0.1) is 0 Å². The predicted molar refractivity (Wildman–Crippen MR) is 53.9 cm³/mol. The van der Waals surface area contributed by atoms with E-state index in [1.807, 2.05) is 0 Å². The van der Waals surface area contributed by atoms with E-state index in [2.05, 4.69) is 17.2 Å². The van der Waals surface area contributed by atoms with Crippen LogP contribution in [0.3, 0.4) is 0 Å². The van der Waals surface area contributed by atoms with Crippen LogP contribution < -0.4 is 5.32 Å². The molecule has 0 aromatic rings. The highest BCUT2D eigenvalue weighted by molar-refractivity contribution is 5.89. The largest absolute Gasteiger partial charge is 0.298 e. The van der Waals surface area contributed by atoms with Gasteiger partial charge in [-0.1, -0.05) is 6.92 Å². The average Bonchev–Trinajstić information content (AvgIpc) is 2.11. The van der Waals surface area contributed by atoms with Gasteiger partial charge in [-0.3, -0.25) is 10.3 Å². The van der Waals surface area contributed by atoms with E-state index in [4.69, 9.17) is 0 Å². The van der Waals surface area contributed by atoms with Crippen molar-refractivity contribution in [3.8, 4) is 0 Å². The van der Waals surface area contributed by atoms with Crippen LogP contribution in [0.2, 0.25) is 0 Å². The Morgan fingerprint density at radius 3 is 3.00 bits per heavy atom. The standard InChI is InChI=1S/C10H19FN2/c1-8-4-5-10(3,11)9(2)13-7-12-6-8/h8,12H,4-7H2,1-3H3. The molecule has 1 aliphatic heterocycles. The van der Waals surface area contributed by atoms with Gasteiger partial charge < -0.3 is 0 Å². The lowest BCUT2D eigenvalue weighted by molar-refractivity contribution is 0.247. The summed E-state index contributed by atoms with van der Waals surface area (Å²) < 4.78 is 13.9. The minimum atomic E-state index is -1.21. The van der Waals surface area contributed by atoms with E-state index >= 15 is 0 Å². The van der Waals surface area contributed by atoms with Gasteiger partial charge in [-0.2, -0.15) is 0 Å². The molecule has 0 saturated heterocycles. The van der Waals surface area contributed by atoms with Gasteiger partial charge in [0, 0.05) is 5.71 Å². The molecule has 1 aliphatic rings. The van der Waals surface area contributed by atoms with Gasteiger partial charge in [0.15, 0.2) is 0 Å². The molecule has 0 spiro atoms. The van der Waals surface area contributed by atoms with E-state index in [9.17, 15) is 4.39 Å². The Labute approximate surface area is 79.6 Å². The Bertz CT molecular complexity index is 199. The van der Waals surface area contributed by atoms with Crippen molar-refractivity contribution in [2.24, 2.45) is 10.9 Å². The summed E-state index contributed by atoms with van der Waals surface area (Å²) in [4.78, 5) is 4.16. The lowest BCUT2D eigenvalue weighted by Gasteiger charge is -2.20. The summed E-state index contributed by atoms with van der Waals surface area (Å²) in [6.45, 7) is 7.04. The molecule has 0 aromatic carbocycles. The van der Waals surface area contributed by atoms with E-state index in [0.29, 0.717) is 24.7 Å². The zero-order valence-electron chi connectivity index (χ0n) is 8.73. The average molecular weight is 186 g/mol. The summed E-state index contributed by atoms with van der Waals surface area (Å²) in [6.07, 6.45) is 1.51. The number of hydrogen-bond donors (Lipinski definition) is 1. The van der Waals surface area contributed by atoms with E-state index in [0.717, 1.165) is 13.0 Å². The van der Waals surface area contributed by atoms with Crippen molar-refractivity contribution >= 4 is 5.71 Å². The molecule has 76 valence electrons. The molecular formula is C10H19FN2. The van der Waals surface area contributed by atoms with Crippen LogP contribution in [0, 0.1) is 5.92 Å². The van der Waals surface area contributed by atoms with Crippen LogP contribution in [0.4, 0.5) is 4.39 Å². The van der Waals surface area contributed by atoms with E-state index < -0.39 is 5.67 Å². The third kappa shape index (κ3) is 3.07. The molecule has 1 rings (SSSR count). The molecule has 2 atom stereocenters. The maximum Gasteiger partial charge on any atom is 0.145 e. The minimum Gasteiger partial charge on any atom is -0.298 e. The highest BCUT2D eigenvalue weighted by atomic mass is 19.1. The first-order valence-corrected chi connectivity index (χ1v) is 4.93. The fourth-order valence-electron chi connectivity index (χ4n) is 1.45. The molecule has 1 heterocycles. The number of aliphatic imine (C=N–C) groups is 1. The predicted octanol–water partition coefficient (Wildman–Crippen LogP) is 2.15. The maximum atomic E-state index is 13.9. The van der Waals surface area contributed by atoms with Crippen molar-refractivity contribution in [2.45, 2.75) is 39.3 Å². The van der Waals surface area contributed by atoms with Gasteiger partial charge in [0.2, 0.25) is 0 Å². The van der Waals surface area contributed by atoms with Crippen LogP contribution in [0.1, 0.15) is 33.6 Å². The zero-order valence-corrected chi connectivity index (χ0v) is 8.73. The summed E-state index contributed by atoms with van der Waals surface area (Å²) in [5.41, 5.74) is -0.589. The van der Waals surface area contributed by atoms with Crippen molar-refractivity contribution in [3.63, 3.8) is 0 Å². The van der Waals surface area contributed by atoms with Gasteiger partial charge >= 0.3 is 0 Å². The second kappa shape index (κ2) is 4.18. The third-order valence-electron chi connectivity index (χ3n) is 2.78. The third-order valence-corrected chi connectivity index (χ3v) is 2.78. The van der Waals surface area contributed by atoms with E-state index in [-0.39, 0.29) is 0 Å². The molecule has 0 bridgehead atoms. The number of nitrogens with zero attached hydrogens (tertiary/aromatic N) is 1. The monoisotopic (exact) mass is 186 g/mol. The summed E-state index contributed by atoms with van der Waals surface area (Å²) in [6, 6.07) is 0. The molecule has 0 aromatic heterocycles. The Hall–Kier alpha value is -0.440. The summed E-state index contributed by atoms with van der Waals surface area (Å²) in [5, 5.41) is 3.19. The number of nitrogens with one attached hydrogen (secondary N) is 1. The Kier molecular flexibility index (Phi) is 3.42. The van der Waals surface area contributed by atoms with Gasteiger partial charge in [-0.25, -0.2) is 4.39 Å². The molecule has 13 heavy (non-hydrogen) atoms. The van der Waals surface area contributed by atoms with Crippen molar-refractivity contribution in [2.75, 3.05) is 13.2 Å². The summed E-state index contributed by atoms with van der Waals surface area (Å²) in [5.74, 6) is 0.538. The van der Waals surface area contributed by atoms with Crippen LogP contribution in [0.5, 0.6) is 0 Å². The first-order chi connectivity index (χ1) is 6.02. The van der Waals surface area contributed by atoms with Crippen molar-refractivity contribution in [3.05, 3.63) is 0 Å². The van der Waals surface area contributed by atoms with Gasteiger partial charge in [0.25, 0.3) is 0 Å². The van der Waals surface area contributed by atoms with Crippen LogP contribution in [0.25, 0.3) is 0 Å². The SMILES string of the molecule is CC1=NCNCC(C)CCC1(C)F. The smallest absolute Gasteiger partial charge is 0.145 e. The second-order valence-corrected chi connectivity index (χ2v) is 4.20. The highest BCUT2D eigenvalue weighted by Crippen LogP contribution is 2.23. The first kappa shape index (κ1) is 10.6. The Morgan fingerprint density at radius 1 is 1.62 bits per heavy atom. The summed E-state index contributed by atoms with van der Waals surface area (Å²) in [7, 11) is 0.